The highest BCUT2D eigenvalue weighted by atomic mass is 32.2. The zero-order valence-electron chi connectivity index (χ0n) is 16.9. The summed E-state index contributed by atoms with van der Waals surface area (Å²) in [6.07, 6.45) is 5.75. The summed E-state index contributed by atoms with van der Waals surface area (Å²) in [7, 11) is 0. The first-order chi connectivity index (χ1) is 14.8. The first-order valence-electron chi connectivity index (χ1n) is 10.7. The van der Waals surface area contributed by atoms with Gasteiger partial charge in [0.25, 0.3) is 0 Å². The van der Waals surface area contributed by atoms with Gasteiger partial charge in [0.1, 0.15) is 5.82 Å². The number of thioether (sulfide) groups is 1. The number of nitrogens with zero attached hydrogens (tertiary/aromatic N) is 3. The number of benzene rings is 2. The Morgan fingerprint density at radius 1 is 0.967 bits per heavy atom. The fraction of sp³-hybridized carbons (Fsp3) is 0.375. The quantitative estimate of drug-likeness (QED) is 0.528. The van der Waals surface area contributed by atoms with Gasteiger partial charge in [0.2, 0.25) is 5.91 Å². The third kappa shape index (κ3) is 4.59. The van der Waals surface area contributed by atoms with Crippen molar-refractivity contribution in [1.82, 2.24) is 20.1 Å². The number of amides is 1. The number of rotatable bonds is 9. The lowest BCUT2D eigenvalue weighted by Gasteiger charge is -2.17. The van der Waals surface area contributed by atoms with E-state index >= 15 is 0 Å². The van der Waals surface area contributed by atoms with Gasteiger partial charge >= 0.3 is 0 Å². The average Bonchev–Trinajstić information content (AvgIpc) is 3.70. The molecule has 2 saturated carbocycles. The lowest BCUT2D eigenvalue weighted by molar-refractivity contribution is -0.119. The summed E-state index contributed by atoms with van der Waals surface area (Å²) in [4.78, 5) is 12.6. The van der Waals surface area contributed by atoms with Crippen molar-refractivity contribution in [2.24, 2.45) is 11.8 Å². The molecule has 0 saturated heterocycles. The van der Waals surface area contributed by atoms with Gasteiger partial charge in [0, 0.05) is 18.2 Å². The average molecular weight is 419 g/mol. The molecule has 2 fully saturated rings. The molecule has 2 aliphatic carbocycles. The van der Waals surface area contributed by atoms with E-state index in [9.17, 15) is 4.79 Å². The monoisotopic (exact) mass is 418 g/mol. The van der Waals surface area contributed by atoms with Gasteiger partial charge in [-0.05, 0) is 55.2 Å². The number of carbonyl (C=O) groups is 1. The van der Waals surface area contributed by atoms with Crippen LogP contribution in [-0.2, 0) is 11.2 Å². The van der Waals surface area contributed by atoms with E-state index in [1.165, 1.54) is 43.0 Å². The summed E-state index contributed by atoms with van der Waals surface area (Å²) in [5, 5.41) is 13.0. The minimum atomic E-state index is 0.107. The van der Waals surface area contributed by atoms with Crippen LogP contribution in [0.4, 0.5) is 0 Å². The first-order valence-corrected chi connectivity index (χ1v) is 11.7. The van der Waals surface area contributed by atoms with E-state index in [4.69, 9.17) is 0 Å². The number of hydrogen-bond acceptors (Lipinski definition) is 4. The van der Waals surface area contributed by atoms with Gasteiger partial charge in [-0.2, -0.15) is 0 Å². The molecule has 0 unspecified atom stereocenters. The van der Waals surface area contributed by atoms with Gasteiger partial charge in [0.05, 0.1) is 5.75 Å². The first kappa shape index (κ1) is 19.4. The van der Waals surface area contributed by atoms with E-state index in [0.717, 1.165) is 16.7 Å². The Balaban J connectivity index is 1.32. The van der Waals surface area contributed by atoms with Crippen molar-refractivity contribution in [2.75, 3.05) is 5.75 Å². The van der Waals surface area contributed by atoms with E-state index < -0.39 is 0 Å². The summed E-state index contributed by atoms with van der Waals surface area (Å²) in [6, 6.07) is 20.8. The molecule has 2 aromatic carbocycles. The van der Waals surface area contributed by atoms with E-state index in [2.05, 4.69) is 44.3 Å². The third-order valence-corrected chi connectivity index (χ3v) is 6.77. The second kappa shape index (κ2) is 8.64. The molecule has 154 valence electrons. The molecule has 0 bridgehead atoms. The van der Waals surface area contributed by atoms with Crippen LogP contribution in [0.5, 0.6) is 0 Å². The second-order valence-corrected chi connectivity index (χ2v) is 9.23. The van der Waals surface area contributed by atoms with Crippen molar-refractivity contribution < 1.29 is 4.79 Å². The van der Waals surface area contributed by atoms with Crippen LogP contribution in [-0.4, -0.2) is 32.5 Å². The summed E-state index contributed by atoms with van der Waals surface area (Å²) in [5.41, 5.74) is 2.21. The minimum absolute atomic E-state index is 0.107. The van der Waals surface area contributed by atoms with Gasteiger partial charge in [-0.1, -0.05) is 60.3 Å². The molecule has 0 radical (unpaired) electrons. The Kier molecular flexibility index (Phi) is 5.58. The molecule has 1 aromatic heterocycles. The van der Waals surface area contributed by atoms with Gasteiger partial charge in [-0.15, -0.1) is 10.2 Å². The highest BCUT2D eigenvalue weighted by Crippen LogP contribution is 2.44. The standard InChI is InChI=1S/C24H26N4OS/c29-22(25-23(18-11-12-18)19-13-14-19)16-30-24-27-26-21(15-17-7-3-1-4-8-17)28(24)20-9-5-2-6-10-20/h1-10,18-19,23H,11-16H2,(H,25,29). The number of hydrogen-bond donors (Lipinski definition) is 1. The van der Waals surface area contributed by atoms with Gasteiger partial charge in [-0.3, -0.25) is 9.36 Å². The molecule has 5 rings (SSSR count). The summed E-state index contributed by atoms with van der Waals surface area (Å²) in [5.74, 6) is 2.76. The number of aromatic nitrogens is 3. The Bertz CT molecular complexity index is 985. The van der Waals surface area contributed by atoms with E-state index in [1.54, 1.807) is 0 Å². The third-order valence-electron chi connectivity index (χ3n) is 5.84. The summed E-state index contributed by atoms with van der Waals surface area (Å²) in [6.45, 7) is 0. The highest BCUT2D eigenvalue weighted by Gasteiger charge is 2.42. The molecule has 1 N–H and O–H groups in total. The number of carbonyl (C=O) groups excluding carboxylic acids is 1. The second-order valence-electron chi connectivity index (χ2n) is 8.29. The van der Waals surface area contributed by atoms with Crippen LogP contribution >= 0.6 is 11.8 Å². The van der Waals surface area contributed by atoms with Crippen LogP contribution in [0, 0.1) is 11.8 Å². The molecule has 1 heterocycles. The Morgan fingerprint density at radius 3 is 2.23 bits per heavy atom. The predicted molar refractivity (Wildman–Crippen MR) is 119 cm³/mol. The van der Waals surface area contributed by atoms with Crippen molar-refractivity contribution in [1.29, 1.82) is 0 Å². The zero-order valence-corrected chi connectivity index (χ0v) is 17.7. The Morgan fingerprint density at radius 2 is 1.60 bits per heavy atom. The Labute approximate surface area is 181 Å². The maximum Gasteiger partial charge on any atom is 0.230 e. The predicted octanol–water partition coefficient (Wildman–Crippen LogP) is 4.26. The minimum Gasteiger partial charge on any atom is -0.352 e. The van der Waals surface area contributed by atoms with Crippen LogP contribution in [0.25, 0.3) is 5.69 Å². The van der Waals surface area contributed by atoms with Gasteiger partial charge in [-0.25, -0.2) is 0 Å². The maximum absolute atomic E-state index is 12.6. The molecule has 0 aliphatic heterocycles. The fourth-order valence-corrected chi connectivity index (χ4v) is 4.79. The molecule has 5 nitrogen and oxygen atoms in total. The fourth-order valence-electron chi connectivity index (χ4n) is 4.01. The number of para-hydroxylation sites is 1. The topological polar surface area (TPSA) is 59.8 Å². The molecule has 3 aromatic rings. The summed E-state index contributed by atoms with van der Waals surface area (Å²) >= 11 is 1.46. The van der Waals surface area contributed by atoms with Crippen LogP contribution < -0.4 is 5.32 Å². The van der Waals surface area contributed by atoms with E-state index in [0.29, 0.717) is 30.1 Å². The van der Waals surface area contributed by atoms with Crippen molar-refractivity contribution >= 4 is 17.7 Å². The largest absolute Gasteiger partial charge is 0.352 e. The molecular weight excluding hydrogens is 392 g/mol. The molecule has 1 amide bonds. The lowest BCUT2D eigenvalue weighted by Crippen LogP contribution is -2.39. The molecule has 6 heteroatoms. The zero-order chi connectivity index (χ0) is 20.3. The van der Waals surface area contributed by atoms with Crippen molar-refractivity contribution in [3.8, 4) is 5.69 Å². The molecular formula is C24H26N4OS. The normalized spacial score (nSPS) is 16.0. The van der Waals surface area contributed by atoms with Crippen LogP contribution in [0.2, 0.25) is 0 Å². The highest BCUT2D eigenvalue weighted by molar-refractivity contribution is 7.99. The van der Waals surface area contributed by atoms with E-state index in [1.807, 2.05) is 36.4 Å². The smallest absolute Gasteiger partial charge is 0.230 e. The SMILES string of the molecule is O=C(CSc1nnc(Cc2ccccc2)n1-c1ccccc1)NC(C1CC1)C1CC1. The maximum atomic E-state index is 12.6. The number of nitrogens with one attached hydrogen (secondary N) is 1. The Hall–Kier alpha value is -2.60. The molecule has 30 heavy (non-hydrogen) atoms. The van der Waals surface area contributed by atoms with Crippen LogP contribution in [0.3, 0.4) is 0 Å². The van der Waals surface area contributed by atoms with Gasteiger partial charge < -0.3 is 5.32 Å². The van der Waals surface area contributed by atoms with Crippen molar-refractivity contribution in [2.45, 2.75) is 43.3 Å². The molecule has 0 atom stereocenters. The van der Waals surface area contributed by atoms with Crippen molar-refractivity contribution in [3.05, 3.63) is 72.1 Å². The van der Waals surface area contributed by atoms with Crippen LogP contribution in [0.15, 0.2) is 65.8 Å². The lowest BCUT2D eigenvalue weighted by atomic mass is 10.1. The van der Waals surface area contributed by atoms with Crippen LogP contribution in [0.1, 0.15) is 37.1 Å². The molecule has 0 spiro atoms. The summed E-state index contributed by atoms with van der Waals surface area (Å²) < 4.78 is 2.07. The van der Waals surface area contributed by atoms with Gasteiger partial charge in [0.15, 0.2) is 5.16 Å². The van der Waals surface area contributed by atoms with E-state index in [-0.39, 0.29) is 5.91 Å². The van der Waals surface area contributed by atoms with Crippen molar-refractivity contribution in [3.63, 3.8) is 0 Å². The molecule has 2 aliphatic rings.